The summed E-state index contributed by atoms with van der Waals surface area (Å²) in [5.74, 6) is -1.87. The molecule has 10 heteroatoms. The van der Waals surface area contributed by atoms with Crippen molar-refractivity contribution in [1.82, 2.24) is 4.98 Å². The standard InChI is InChI=1S/C23H20N2O7S/c1-11-10-13(7-8-14(11)30-3)18(26)16-17(15-6-5-9-32-15)25(21(28)19(16)27)23-24-12(2)20(33-23)22(29)31-4/h5-10,17,26H,1-4H3/b18-16+. The number of nitrogens with zero attached hydrogens (tertiary/aromatic N) is 2. The Kier molecular flexibility index (Phi) is 5.77. The normalized spacial score (nSPS) is 17.5. The Bertz CT molecular complexity index is 1290. The Morgan fingerprint density at radius 1 is 1.21 bits per heavy atom. The number of anilines is 1. The number of methoxy groups -OCH3 is 2. The molecule has 0 bridgehead atoms. The van der Waals surface area contributed by atoms with Gasteiger partial charge in [0.1, 0.15) is 28.2 Å². The quantitative estimate of drug-likeness (QED) is 0.260. The molecule has 1 amide bonds. The minimum Gasteiger partial charge on any atom is -0.507 e. The number of ketones is 1. The first kappa shape index (κ1) is 22.3. The fraction of sp³-hybridized carbons (Fsp3) is 0.217. The number of hydrogen-bond donors (Lipinski definition) is 1. The number of esters is 1. The first-order valence-corrected chi connectivity index (χ1v) is 10.6. The van der Waals surface area contributed by atoms with Crippen LogP contribution in [0.25, 0.3) is 5.76 Å². The van der Waals surface area contributed by atoms with Crippen LogP contribution in [0.2, 0.25) is 0 Å². The molecule has 0 aliphatic carbocycles. The van der Waals surface area contributed by atoms with Crippen molar-refractivity contribution < 1.29 is 33.4 Å². The molecule has 3 aromatic rings. The van der Waals surface area contributed by atoms with Gasteiger partial charge in [-0.05, 0) is 49.7 Å². The van der Waals surface area contributed by atoms with Gasteiger partial charge in [-0.25, -0.2) is 9.78 Å². The lowest BCUT2D eigenvalue weighted by atomic mass is 9.98. The molecule has 170 valence electrons. The summed E-state index contributed by atoms with van der Waals surface area (Å²) in [6.45, 7) is 3.40. The second kappa shape index (κ2) is 8.55. The molecule has 1 saturated heterocycles. The lowest BCUT2D eigenvalue weighted by Crippen LogP contribution is -2.29. The molecule has 0 radical (unpaired) electrons. The van der Waals surface area contributed by atoms with E-state index in [1.54, 1.807) is 44.2 Å². The van der Waals surface area contributed by atoms with Crippen molar-refractivity contribution in [3.8, 4) is 5.75 Å². The number of Topliss-reactive ketones (excluding diaryl/α,β-unsaturated/α-hetero) is 1. The molecule has 2 aromatic heterocycles. The molecule has 33 heavy (non-hydrogen) atoms. The maximum Gasteiger partial charge on any atom is 0.350 e. The van der Waals surface area contributed by atoms with E-state index in [9.17, 15) is 19.5 Å². The summed E-state index contributed by atoms with van der Waals surface area (Å²) in [5.41, 5.74) is 1.29. The summed E-state index contributed by atoms with van der Waals surface area (Å²) in [4.78, 5) is 43.9. The van der Waals surface area contributed by atoms with Gasteiger partial charge in [-0.2, -0.15) is 0 Å². The number of carbonyl (C=O) groups is 3. The van der Waals surface area contributed by atoms with Gasteiger partial charge in [-0.3, -0.25) is 14.5 Å². The topological polar surface area (TPSA) is 119 Å². The van der Waals surface area contributed by atoms with E-state index < -0.39 is 23.7 Å². The van der Waals surface area contributed by atoms with Crippen LogP contribution in [0.1, 0.15) is 38.3 Å². The van der Waals surface area contributed by atoms with Crippen molar-refractivity contribution in [2.45, 2.75) is 19.9 Å². The van der Waals surface area contributed by atoms with Crippen LogP contribution in [0, 0.1) is 13.8 Å². The van der Waals surface area contributed by atoms with Gasteiger partial charge in [0, 0.05) is 5.56 Å². The number of thiazole rings is 1. The van der Waals surface area contributed by atoms with Crippen LogP contribution < -0.4 is 9.64 Å². The number of hydrogen-bond acceptors (Lipinski definition) is 9. The molecule has 0 saturated carbocycles. The summed E-state index contributed by atoms with van der Waals surface area (Å²) in [6.07, 6.45) is 1.40. The maximum atomic E-state index is 13.1. The molecule has 1 fully saturated rings. The highest BCUT2D eigenvalue weighted by molar-refractivity contribution is 7.17. The number of aromatic nitrogens is 1. The molecule has 3 heterocycles. The lowest BCUT2D eigenvalue weighted by molar-refractivity contribution is -0.132. The number of benzene rings is 1. The van der Waals surface area contributed by atoms with Crippen molar-refractivity contribution >= 4 is 39.9 Å². The van der Waals surface area contributed by atoms with Crippen LogP contribution in [0.4, 0.5) is 5.13 Å². The van der Waals surface area contributed by atoms with E-state index in [0.29, 0.717) is 17.0 Å². The van der Waals surface area contributed by atoms with E-state index in [1.165, 1.54) is 20.5 Å². The summed E-state index contributed by atoms with van der Waals surface area (Å²) in [5, 5.41) is 11.2. The summed E-state index contributed by atoms with van der Waals surface area (Å²) in [7, 11) is 2.77. The average Bonchev–Trinajstić information content (AvgIpc) is 3.52. The second-order valence-electron chi connectivity index (χ2n) is 7.27. The Hall–Kier alpha value is -3.92. The molecule has 1 atom stereocenters. The first-order valence-electron chi connectivity index (χ1n) is 9.83. The zero-order chi connectivity index (χ0) is 23.9. The Balaban J connectivity index is 1.90. The van der Waals surface area contributed by atoms with Gasteiger partial charge in [0.05, 0.1) is 31.7 Å². The number of aryl methyl sites for hydroxylation is 2. The fourth-order valence-electron chi connectivity index (χ4n) is 3.69. The zero-order valence-electron chi connectivity index (χ0n) is 18.2. The van der Waals surface area contributed by atoms with Crippen molar-refractivity contribution in [3.63, 3.8) is 0 Å². The Morgan fingerprint density at radius 2 is 1.97 bits per heavy atom. The minimum absolute atomic E-state index is 0.112. The van der Waals surface area contributed by atoms with E-state index in [0.717, 1.165) is 21.8 Å². The molecule has 0 spiro atoms. The number of aliphatic hydroxyl groups is 1. The van der Waals surface area contributed by atoms with Crippen LogP contribution in [-0.4, -0.2) is 42.0 Å². The molecular weight excluding hydrogens is 448 g/mol. The van der Waals surface area contributed by atoms with Gasteiger partial charge in [-0.1, -0.05) is 11.3 Å². The van der Waals surface area contributed by atoms with Gasteiger partial charge in [0.2, 0.25) is 0 Å². The third kappa shape index (κ3) is 3.68. The lowest BCUT2D eigenvalue weighted by Gasteiger charge is -2.20. The van der Waals surface area contributed by atoms with Crippen molar-refractivity contribution in [2.75, 3.05) is 19.1 Å². The Morgan fingerprint density at radius 3 is 2.58 bits per heavy atom. The molecule has 1 aliphatic rings. The molecule has 1 aromatic carbocycles. The highest BCUT2D eigenvalue weighted by Gasteiger charge is 2.49. The van der Waals surface area contributed by atoms with Gasteiger partial charge in [0.15, 0.2) is 5.13 Å². The first-order chi connectivity index (χ1) is 15.8. The molecule has 1 unspecified atom stereocenters. The summed E-state index contributed by atoms with van der Waals surface area (Å²) in [6, 6.07) is 7.05. The number of amides is 1. The van der Waals surface area contributed by atoms with E-state index in [-0.39, 0.29) is 27.1 Å². The van der Waals surface area contributed by atoms with Crippen molar-refractivity contribution in [2.24, 2.45) is 0 Å². The fourth-order valence-corrected chi connectivity index (χ4v) is 4.71. The van der Waals surface area contributed by atoms with E-state index in [1.807, 2.05) is 0 Å². The number of carbonyl (C=O) groups excluding carboxylic acids is 3. The van der Waals surface area contributed by atoms with Crippen LogP contribution in [-0.2, 0) is 14.3 Å². The van der Waals surface area contributed by atoms with E-state index in [4.69, 9.17) is 13.9 Å². The summed E-state index contributed by atoms with van der Waals surface area (Å²) >= 11 is 0.918. The highest BCUT2D eigenvalue weighted by atomic mass is 32.1. The van der Waals surface area contributed by atoms with Gasteiger partial charge < -0.3 is 19.0 Å². The van der Waals surface area contributed by atoms with E-state index in [2.05, 4.69) is 4.98 Å². The summed E-state index contributed by atoms with van der Waals surface area (Å²) < 4.78 is 15.5. The third-order valence-electron chi connectivity index (χ3n) is 5.29. The third-order valence-corrected chi connectivity index (χ3v) is 6.42. The van der Waals surface area contributed by atoms with Gasteiger partial charge in [-0.15, -0.1) is 0 Å². The van der Waals surface area contributed by atoms with Crippen molar-refractivity contribution in [3.05, 3.63) is 69.6 Å². The monoisotopic (exact) mass is 468 g/mol. The van der Waals surface area contributed by atoms with Gasteiger partial charge in [0.25, 0.3) is 5.78 Å². The molecule has 9 nitrogen and oxygen atoms in total. The smallest absolute Gasteiger partial charge is 0.350 e. The molecule has 4 rings (SSSR count). The number of rotatable bonds is 5. The van der Waals surface area contributed by atoms with Crippen molar-refractivity contribution in [1.29, 1.82) is 0 Å². The van der Waals surface area contributed by atoms with Crippen LogP contribution in [0.15, 0.2) is 46.6 Å². The maximum absolute atomic E-state index is 13.1. The number of ether oxygens (including phenoxy) is 2. The molecule has 1 N–H and O–H groups in total. The average molecular weight is 468 g/mol. The van der Waals surface area contributed by atoms with Gasteiger partial charge >= 0.3 is 11.9 Å². The number of furan rings is 1. The predicted molar refractivity (Wildman–Crippen MR) is 119 cm³/mol. The van der Waals surface area contributed by atoms with Crippen LogP contribution >= 0.6 is 11.3 Å². The molecular formula is C23H20N2O7S. The molecule has 1 aliphatic heterocycles. The largest absolute Gasteiger partial charge is 0.507 e. The Labute approximate surface area is 192 Å². The highest BCUT2D eigenvalue weighted by Crippen LogP contribution is 2.44. The second-order valence-corrected chi connectivity index (χ2v) is 8.25. The van der Waals surface area contributed by atoms with E-state index >= 15 is 0 Å². The van der Waals surface area contributed by atoms with Crippen LogP contribution in [0.5, 0.6) is 5.75 Å². The predicted octanol–water partition coefficient (Wildman–Crippen LogP) is 3.77. The zero-order valence-corrected chi connectivity index (χ0v) is 19.1. The minimum atomic E-state index is -1.07. The number of aliphatic hydroxyl groups excluding tert-OH is 1. The SMILES string of the molecule is COC(=O)c1sc(N2C(=O)C(=O)/C(=C(/O)c3ccc(OC)c(C)c3)C2c2ccco2)nc1C. The van der Waals surface area contributed by atoms with Crippen LogP contribution in [0.3, 0.4) is 0 Å².